The lowest BCUT2D eigenvalue weighted by Gasteiger charge is -2.12. The molecule has 126 valence electrons. The molecule has 3 aromatic rings. The van der Waals surface area contributed by atoms with Gasteiger partial charge in [0.1, 0.15) is 21.8 Å². The summed E-state index contributed by atoms with van der Waals surface area (Å²) >= 11 is 5.04. The van der Waals surface area contributed by atoms with Gasteiger partial charge >= 0.3 is 0 Å². The summed E-state index contributed by atoms with van der Waals surface area (Å²) in [6.45, 7) is 4.34. The molecule has 0 saturated carbocycles. The second-order valence-electron chi connectivity index (χ2n) is 5.53. The zero-order valence-electron chi connectivity index (χ0n) is 14.0. The third kappa shape index (κ3) is 4.43. The Hall–Kier alpha value is -1.81. The van der Waals surface area contributed by atoms with Crippen LogP contribution in [0.15, 0.2) is 53.0 Å². The molecule has 0 fully saturated rings. The van der Waals surface area contributed by atoms with E-state index in [2.05, 4.69) is 24.9 Å². The second-order valence-corrected chi connectivity index (χ2v) is 9.32. The predicted octanol–water partition coefficient (Wildman–Crippen LogP) is 5.93. The standard InChI is InChI=1S/C19H17N3S3/c1-13(2)24-12-25-18-16(11-20)15(14-6-4-3-5-7-14)10-17(22-18)19-21-8-9-23-19/h3-10,13H,12H2,1-2H3. The Bertz CT molecular complexity index is 869. The highest BCUT2D eigenvalue weighted by Gasteiger charge is 2.16. The van der Waals surface area contributed by atoms with Crippen molar-refractivity contribution in [3.63, 3.8) is 0 Å². The van der Waals surface area contributed by atoms with Crippen molar-refractivity contribution < 1.29 is 0 Å². The van der Waals surface area contributed by atoms with Gasteiger partial charge in [0.25, 0.3) is 0 Å². The van der Waals surface area contributed by atoms with Crippen LogP contribution in [0, 0.1) is 11.3 Å². The minimum Gasteiger partial charge on any atom is -0.243 e. The first-order valence-electron chi connectivity index (χ1n) is 7.84. The largest absolute Gasteiger partial charge is 0.243 e. The normalized spacial score (nSPS) is 10.8. The van der Waals surface area contributed by atoms with E-state index in [0.29, 0.717) is 10.8 Å². The molecule has 0 bridgehead atoms. The van der Waals surface area contributed by atoms with Crippen LogP contribution in [-0.4, -0.2) is 20.3 Å². The Morgan fingerprint density at radius 1 is 1.24 bits per heavy atom. The highest BCUT2D eigenvalue weighted by molar-refractivity contribution is 8.16. The van der Waals surface area contributed by atoms with Crippen LogP contribution in [0.25, 0.3) is 21.8 Å². The molecule has 0 aliphatic heterocycles. The summed E-state index contributed by atoms with van der Waals surface area (Å²) in [4.78, 5) is 9.13. The van der Waals surface area contributed by atoms with Crippen LogP contribution in [0.5, 0.6) is 0 Å². The molecule has 0 aliphatic carbocycles. The average Bonchev–Trinajstić information content (AvgIpc) is 3.16. The molecule has 0 unspecified atom stereocenters. The number of thioether (sulfide) groups is 2. The topological polar surface area (TPSA) is 49.6 Å². The summed E-state index contributed by atoms with van der Waals surface area (Å²) in [7, 11) is 0. The number of rotatable bonds is 6. The van der Waals surface area contributed by atoms with E-state index in [4.69, 9.17) is 4.98 Å². The van der Waals surface area contributed by atoms with Gasteiger partial charge in [-0.1, -0.05) is 55.9 Å². The van der Waals surface area contributed by atoms with E-state index in [9.17, 15) is 5.26 Å². The Morgan fingerprint density at radius 2 is 2.04 bits per heavy atom. The Labute approximate surface area is 160 Å². The van der Waals surface area contributed by atoms with Crippen LogP contribution in [-0.2, 0) is 0 Å². The van der Waals surface area contributed by atoms with Gasteiger partial charge in [0.2, 0.25) is 0 Å². The molecule has 2 heterocycles. The van der Waals surface area contributed by atoms with Gasteiger partial charge < -0.3 is 0 Å². The van der Waals surface area contributed by atoms with E-state index in [0.717, 1.165) is 31.9 Å². The number of hydrogen-bond acceptors (Lipinski definition) is 6. The molecule has 0 spiro atoms. The van der Waals surface area contributed by atoms with Crippen molar-refractivity contribution in [1.82, 2.24) is 9.97 Å². The van der Waals surface area contributed by atoms with E-state index >= 15 is 0 Å². The monoisotopic (exact) mass is 383 g/mol. The van der Waals surface area contributed by atoms with Crippen molar-refractivity contribution in [2.24, 2.45) is 0 Å². The van der Waals surface area contributed by atoms with Gasteiger partial charge in [-0.05, 0) is 16.9 Å². The Balaban J connectivity index is 2.09. The Kier molecular flexibility index (Phi) is 6.14. The van der Waals surface area contributed by atoms with Gasteiger partial charge in [0.05, 0.1) is 5.56 Å². The molecule has 2 aromatic heterocycles. The fourth-order valence-electron chi connectivity index (χ4n) is 2.26. The molecule has 0 radical (unpaired) electrons. The van der Waals surface area contributed by atoms with Crippen molar-refractivity contribution in [2.45, 2.75) is 24.1 Å². The van der Waals surface area contributed by atoms with Crippen LogP contribution in [0.4, 0.5) is 0 Å². The summed E-state index contributed by atoms with van der Waals surface area (Å²) in [5, 5.41) is 14.8. The maximum atomic E-state index is 9.77. The highest BCUT2D eigenvalue weighted by atomic mass is 32.2. The molecule has 0 saturated heterocycles. The molecule has 0 aliphatic rings. The quantitative estimate of drug-likeness (QED) is 0.390. The minimum absolute atomic E-state index is 0.550. The molecule has 25 heavy (non-hydrogen) atoms. The first kappa shape index (κ1) is 18.0. The number of nitriles is 1. The zero-order valence-corrected chi connectivity index (χ0v) is 16.4. The van der Waals surface area contributed by atoms with E-state index in [-0.39, 0.29) is 0 Å². The number of nitrogens with zero attached hydrogens (tertiary/aromatic N) is 3. The molecule has 3 nitrogen and oxygen atoms in total. The smallest absolute Gasteiger partial charge is 0.141 e. The first-order valence-corrected chi connectivity index (χ1v) is 10.7. The SMILES string of the molecule is CC(C)SCSc1nc(-c2nccs2)cc(-c2ccccc2)c1C#N. The summed E-state index contributed by atoms with van der Waals surface area (Å²) in [5.41, 5.74) is 3.41. The molecule has 3 rings (SSSR count). The molecular formula is C19H17N3S3. The lowest BCUT2D eigenvalue weighted by Crippen LogP contribution is -1.96. The van der Waals surface area contributed by atoms with E-state index in [1.807, 2.05) is 53.5 Å². The number of benzene rings is 1. The third-order valence-corrected chi connectivity index (χ3v) is 6.48. The number of aromatic nitrogens is 2. The van der Waals surface area contributed by atoms with Crippen molar-refractivity contribution in [2.75, 3.05) is 5.08 Å². The maximum Gasteiger partial charge on any atom is 0.141 e. The summed E-state index contributed by atoms with van der Waals surface area (Å²) in [6.07, 6.45) is 1.78. The van der Waals surface area contributed by atoms with Crippen LogP contribution in [0.2, 0.25) is 0 Å². The first-order chi connectivity index (χ1) is 12.2. The lowest BCUT2D eigenvalue weighted by molar-refractivity contribution is 1.11. The fraction of sp³-hybridized carbons (Fsp3) is 0.211. The van der Waals surface area contributed by atoms with Gasteiger partial charge in [0.15, 0.2) is 0 Å². The van der Waals surface area contributed by atoms with Crippen molar-refractivity contribution >= 4 is 34.9 Å². The second kappa shape index (κ2) is 8.52. The lowest BCUT2D eigenvalue weighted by atomic mass is 10.0. The van der Waals surface area contributed by atoms with E-state index in [1.54, 1.807) is 29.3 Å². The van der Waals surface area contributed by atoms with E-state index in [1.165, 1.54) is 0 Å². The van der Waals surface area contributed by atoms with Crippen LogP contribution >= 0.6 is 34.9 Å². The zero-order chi connectivity index (χ0) is 17.6. The van der Waals surface area contributed by atoms with Gasteiger partial charge in [-0.3, -0.25) is 0 Å². The minimum atomic E-state index is 0.550. The number of thiazole rings is 1. The number of hydrogen-bond donors (Lipinski definition) is 0. The van der Waals surface area contributed by atoms with E-state index < -0.39 is 0 Å². The average molecular weight is 384 g/mol. The van der Waals surface area contributed by atoms with Crippen LogP contribution in [0.3, 0.4) is 0 Å². The van der Waals surface area contributed by atoms with Crippen LogP contribution < -0.4 is 0 Å². The molecule has 0 atom stereocenters. The van der Waals surface area contributed by atoms with Crippen molar-refractivity contribution in [3.05, 3.63) is 53.5 Å². The van der Waals surface area contributed by atoms with Gasteiger partial charge in [-0.2, -0.15) is 5.26 Å². The highest BCUT2D eigenvalue weighted by Crippen LogP contribution is 2.35. The molecule has 1 aromatic carbocycles. The van der Waals surface area contributed by atoms with Gasteiger partial charge in [-0.15, -0.1) is 23.1 Å². The number of pyridine rings is 1. The molecular weight excluding hydrogens is 366 g/mol. The maximum absolute atomic E-state index is 9.77. The van der Waals surface area contributed by atoms with Crippen molar-refractivity contribution in [3.8, 4) is 27.9 Å². The molecule has 0 N–H and O–H groups in total. The Morgan fingerprint density at radius 3 is 2.68 bits per heavy atom. The summed E-state index contributed by atoms with van der Waals surface area (Å²) in [6, 6.07) is 14.4. The third-order valence-electron chi connectivity index (χ3n) is 3.43. The molecule has 6 heteroatoms. The fourth-order valence-corrected chi connectivity index (χ4v) is 5.13. The van der Waals surface area contributed by atoms with Crippen molar-refractivity contribution in [1.29, 1.82) is 5.26 Å². The van der Waals surface area contributed by atoms with Gasteiger partial charge in [-0.25, -0.2) is 9.97 Å². The van der Waals surface area contributed by atoms with Gasteiger partial charge in [0, 0.05) is 22.2 Å². The molecule has 0 amide bonds. The van der Waals surface area contributed by atoms with Crippen LogP contribution in [0.1, 0.15) is 19.4 Å². The summed E-state index contributed by atoms with van der Waals surface area (Å²) < 4.78 is 0. The predicted molar refractivity (Wildman–Crippen MR) is 109 cm³/mol. The summed E-state index contributed by atoms with van der Waals surface area (Å²) in [5.74, 6) is 0.